The number of anilines is 1. The maximum absolute atomic E-state index is 11.9. The lowest BCUT2D eigenvalue weighted by molar-refractivity contribution is 0.0554. The van der Waals surface area contributed by atoms with Gasteiger partial charge < -0.3 is 10.2 Å². The normalized spacial score (nSPS) is 24.3. The number of aromatic nitrogens is 1. The molecular formula is C26H33Cl2N5O. The van der Waals surface area contributed by atoms with Crippen molar-refractivity contribution < 1.29 is 4.79 Å². The van der Waals surface area contributed by atoms with Crippen molar-refractivity contribution in [1.29, 1.82) is 0 Å². The van der Waals surface area contributed by atoms with Crippen molar-refractivity contribution in [3.8, 4) is 0 Å². The van der Waals surface area contributed by atoms with Crippen LogP contribution < -0.4 is 10.2 Å². The van der Waals surface area contributed by atoms with Crippen LogP contribution in [0.1, 0.15) is 53.7 Å². The molecule has 0 radical (unpaired) electrons. The smallest absolute Gasteiger partial charge is 0.252 e. The summed E-state index contributed by atoms with van der Waals surface area (Å²) in [7, 11) is 1.61. The van der Waals surface area contributed by atoms with Crippen LogP contribution in [-0.4, -0.2) is 72.5 Å². The van der Waals surface area contributed by atoms with E-state index in [1.165, 1.54) is 30.4 Å². The van der Waals surface area contributed by atoms with Gasteiger partial charge in [-0.1, -0.05) is 29.3 Å². The van der Waals surface area contributed by atoms with Gasteiger partial charge in [-0.3, -0.25) is 14.6 Å². The van der Waals surface area contributed by atoms with Gasteiger partial charge in [0, 0.05) is 69.1 Å². The fourth-order valence-corrected chi connectivity index (χ4v) is 6.59. The first kappa shape index (κ1) is 23.9. The summed E-state index contributed by atoms with van der Waals surface area (Å²) in [5.41, 5.74) is 3.40. The van der Waals surface area contributed by atoms with E-state index in [0.29, 0.717) is 28.7 Å². The molecule has 0 spiro atoms. The summed E-state index contributed by atoms with van der Waals surface area (Å²) >= 11 is 12.7. The molecule has 0 saturated carbocycles. The first-order valence-electron chi connectivity index (χ1n) is 12.3. The molecule has 2 aromatic rings. The molecular weight excluding hydrogens is 469 g/mol. The molecule has 2 saturated heterocycles. The Kier molecular flexibility index (Phi) is 7.03. The molecule has 2 atom stereocenters. The number of piperidine rings is 1. The van der Waals surface area contributed by atoms with E-state index in [9.17, 15) is 4.79 Å². The molecule has 1 amide bonds. The summed E-state index contributed by atoms with van der Waals surface area (Å²) in [6, 6.07) is 9.74. The Bertz CT molecular complexity index is 1060. The Morgan fingerprint density at radius 1 is 1.09 bits per heavy atom. The zero-order valence-corrected chi connectivity index (χ0v) is 21.4. The Morgan fingerprint density at radius 2 is 1.88 bits per heavy atom. The highest BCUT2D eigenvalue weighted by Gasteiger charge is 2.35. The molecule has 2 fully saturated rings. The summed E-state index contributed by atoms with van der Waals surface area (Å²) in [6.45, 7) is 7.40. The number of carbonyl (C=O) groups excluding carboxylic acids is 1. The number of piperazine rings is 1. The molecule has 1 aromatic heterocycles. The van der Waals surface area contributed by atoms with Crippen molar-refractivity contribution >= 4 is 34.9 Å². The molecule has 2 aliphatic heterocycles. The van der Waals surface area contributed by atoms with Crippen LogP contribution in [0.4, 0.5) is 5.82 Å². The van der Waals surface area contributed by atoms with E-state index in [0.717, 1.165) is 50.0 Å². The number of nitrogens with one attached hydrogen (secondary N) is 1. The number of halogens is 2. The largest absolute Gasteiger partial charge is 0.355 e. The first-order valence-corrected chi connectivity index (χ1v) is 13.1. The zero-order valence-electron chi connectivity index (χ0n) is 19.9. The Labute approximate surface area is 212 Å². The topological polar surface area (TPSA) is 51.7 Å². The van der Waals surface area contributed by atoms with E-state index in [1.807, 2.05) is 6.07 Å². The second kappa shape index (κ2) is 10.0. The van der Waals surface area contributed by atoms with E-state index >= 15 is 0 Å². The quantitative estimate of drug-likeness (QED) is 0.672. The second-order valence-corrected chi connectivity index (χ2v) is 10.6. The zero-order chi connectivity index (χ0) is 23.8. The average Bonchev–Trinajstić information content (AvgIpc) is 3.26. The summed E-state index contributed by atoms with van der Waals surface area (Å²) in [4.78, 5) is 24.0. The third-order valence-corrected chi connectivity index (χ3v) is 8.36. The fourth-order valence-electron chi connectivity index (χ4n) is 6.11. The van der Waals surface area contributed by atoms with E-state index in [4.69, 9.17) is 23.2 Å². The lowest BCUT2D eigenvalue weighted by Crippen LogP contribution is -2.57. The average molecular weight is 502 g/mol. The minimum Gasteiger partial charge on any atom is -0.355 e. The standard InChI is InChI=1S/C26H33Cl2N5O/c1-17-16-32(25-23(28)14-19(15-30-25)26(34)29-2)11-12-33(17)21-7-9-31(10-8-21)24-6-3-18-13-20(27)4-5-22(18)24/h4-5,13-15,17,21,24H,3,6-12,16H2,1-2H3,(H,29,34)/t17-,24-/m0/s1. The van der Waals surface area contributed by atoms with Crippen LogP contribution in [0.25, 0.3) is 0 Å². The summed E-state index contributed by atoms with van der Waals surface area (Å²) < 4.78 is 0. The number of aryl methyl sites for hydroxylation is 1. The number of carbonyl (C=O) groups is 1. The van der Waals surface area contributed by atoms with E-state index in [-0.39, 0.29) is 5.91 Å². The number of hydrogen-bond acceptors (Lipinski definition) is 5. The fraction of sp³-hybridized carbons (Fsp3) is 0.538. The maximum atomic E-state index is 11.9. The van der Waals surface area contributed by atoms with Crippen LogP contribution in [0.3, 0.4) is 0 Å². The number of nitrogens with zero attached hydrogens (tertiary/aromatic N) is 4. The van der Waals surface area contributed by atoms with Gasteiger partial charge in [-0.2, -0.15) is 0 Å². The molecule has 1 aliphatic carbocycles. The van der Waals surface area contributed by atoms with Gasteiger partial charge in [0.25, 0.3) is 5.91 Å². The number of amides is 1. The predicted molar refractivity (Wildman–Crippen MR) is 138 cm³/mol. The van der Waals surface area contributed by atoms with E-state index in [1.54, 1.807) is 19.3 Å². The van der Waals surface area contributed by atoms with Crippen LogP contribution in [-0.2, 0) is 6.42 Å². The van der Waals surface area contributed by atoms with Gasteiger partial charge in [0.15, 0.2) is 0 Å². The minimum absolute atomic E-state index is 0.171. The van der Waals surface area contributed by atoms with Crippen LogP contribution in [0, 0.1) is 0 Å². The van der Waals surface area contributed by atoms with Crippen molar-refractivity contribution in [2.75, 3.05) is 44.7 Å². The molecule has 1 aromatic carbocycles. The van der Waals surface area contributed by atoms with Gasteiger partial charge in [-0.25, -0.2) is 4.98 Å². The van der Waals surface area contributed by atoms with Gasteiger partial charge in [0.2, 0.25) is 0 Å². The number of benzene rings is 1. The molecule has 1 N–H and O–H groups in total. The third-order valence-electron chi connectivity index (χ3n) is 7.85. The van der Waals surface area contributed by atoms with Gasteiger partial charge in [0.1, 0.15) is 5.82 Å². The van der Waals surface area contributed by atoms with Crippen molar-refractivity contribution in [3.63, 3.8) is 0 Å². The SMILES string of the molecule is CNC(=O)c1cnc(N2CCN(C3CCN([C@H]4CCc5cc(Cl)ccc54)CC3)[C@@H](C)C2)c(Cl)c1. The number of pyridine rings is 1. The highest BCUT2D eigenvalue weighted by Crippen LogP contribution is 2.39. The monoisotopic (exact) mass is 501 g/mol. The molecule has 8 heteroatoms. The molecule has 5 rings (SSSR count). The Hall–Kier alpha value is -1.86. The number of fused-ring (bicyclic) bond motifs is 1. The van der Waals surface area contributed by atoms with Crippen molar-refractivity contribution in [3.05, 3.63) is 57.2 Å². The lowest BCUT2D eigenvalue weighted by atomic mass is 9.97. The number of likely N-dealkylation sites (tertiary alicyclic amines) is 1. The van der Waals surface area contributed by atoms with Crippen LogP contribution in [0.5, 0.6) is 0 Å². The Morgan fingerprint density at radius 3 is 2.59 bits per heavy atom. The van der Waals surface area contributed by atoms with Crippen molar-refractivity contribution in [1.82, 2.24) is 20.1 Å². The number of rotatable bonds is 4. The van der Waals surface area contributed by atoms with Crippen molar-refractivity contribution in [2.45, 2.75) is 50.7 Å². The van der Waals surface area contributed by atoms with Crippen LogP contribution in [0.15, 0.2) is 30.5 Å². The van der Waals surface area contributed by atoms with Crippen LogP contribution >= 0.6 is 23.2 Å². The highest BCUT2D eigenvalue weighted by molar-refractivity contribution is 6.33. The van der Waals surface area contributed by atoms with Gasteiger partial charge >= 0.3 is 0 Å². The first-order chi connectivity index (χ1) is 16.4. The lowest BCUT2D eigenvalue weighted by Gasteiger charge is -2.47. The third kappa shape index (κ3) is 4.66. The summed E-state index contributed by atoms with van der Waals surface area (Å²) in [6.07, 6.45) is 6.39. The Balaban J connectivity index is 1.18. The van der Waals surface area contributed by atoms with E-state index < -0.39 is 0 Å². The van der Waals surface area contributed by atoms with Gasteiger partial charge in [0.05, 0.1) is 10.6 Å². The van der Waals surface area contributed by atoms with Gasteiger partial charge in [-0.05, 0) is 61.9 Å². The van der Waals surface area contributed by atoms with E-state index in [2.05, 4.69) is 44.1 Å². The second-order valence-electron chi connectivity index (χ2n) is 9.81. The van der Waals surface area contributed by atoms with Gasteiger partial charge in [-0.15, -0.1) is 0 Å². The van der Waals surface area contributed by atoms with Crippen LogP contribution in [0.2, 0.25) is 10.0 Å². The minimum atomic E-state index is -0.171. The maximum Gasteiger partial charge on any atom is 0.252 e. The molecule has 182 valence electrons. The predicted octanol–water partition coefficient (Wildman–Crippen LogP) is 4.41. The highest BCUT2D eigenvalue weighted by atomic mass is 35.5. The molecule has 3 heterocycles. The molecule has 0 bridgehead atoms. The molecule has 6 nitrogen and oxygen atoms in total. The summed E-state index contributed by atoms with van der Waals surface area (Å²) in [5, 5.41) is 4.01. The molecule has 3 aliphatic rings. The van der Waals surface area contributed by atoms with Crippen molar-refractivity contribution in [2.24, 2.45) is 0 Å². The molecule has 0 unspecified atom stereocenters. The summed E-state index contributed by atoms with van der Waals surface area (Å²) in [5.74, 6) is 0.603. The molecule has 34 heavy (non-hydrogen) atoms. The number of hydrogen-bond donors (Lipinski definition) is 1.